The average Bonchev–Trinajstić information content (AvgIpc) is 2.61. The molecule has 142 valence electrons. The standard InChI is InChI=1S/C17H14BrIN2O5S/c1-3-4-21-16(24)10(15(23)20-17(21)27)5-9-6-11(18)14(12(19)7-9)26-8-13(22)25-2/h3,5-7H,1,4,8H2,2H3,(H,20,23,27)/b10-5+. The summed E-state index contributed by atoms with van der Waals surface area (Å²) in [5.41, 5.74) is 0.554. The first-order chi connectivity index (χ1) is 12.8. The van der Waals surface area contributed by atoms with Crippen molar-refractivity contribution in [1.29, 1.82) is 0 Å². The van der Waals surface area contributed by atoms with E-state index in [-0.39, 0.29) is 23.8 Å². The highest BCUT2D eigenvalue weighted by Gasteiger charge is 2.32. The van der Waals surface area contributed by atoms with Crippen molar-refractivity contribution in [3.8, 4) is 5.75 Å². The van der Waals surface area contributed by atoms with E-state index in [4.69, 9.17) is 17.0 Å². The minimum absolute atomic E-state index is 0.0450. The number of hydrogen-bond acceptors (Lipinski definition) is 6. The van der Waals surface area contributed by atoms with Gasteiger partial charge in [0.2, 0.25) is 0 Å². The molecule has 2 amide bonds. The van der Waals surface area contributed by atoms with Gasteiger partial charge in [-0.25, -0.2) is 4.79 Å². The van der Waals surface area contributed by atoms with Crippen LogP contribution in [0.4, 0.5) is 0 Å². The zero-order chi connectivity index (χ0) is 20.1. The van der Waals surface area contributed by atoms with Gasteiger partial charge in [0.05, 0.1) is 15.2 Å². The number of esters is 1. The Kier molecular flexibility index (Phi) is 7.50. The van der Waals surface area contributed by atoms with E-state index in [1.54, 1.807) is 12.1 Å². The Labute approximate surface area is 183 Å². The van der Waals surface area contributed by atoms with Crippen LogP contribution in [0.3, 0.4) is 0 Å². The summed E-state index contributed by atoms with van der Waals surface area (Å²) in [5.74, 6) is -1.12. The fourth-order valence-corrected chi connectivity index (χ4v) is 4.17. The number of ether oxygens (including phenoxy) is 2. The molecule has 0 aliphatic carbocycles. The molecule has 1 aliphatic heterocycles. The highest BCUT2D eigenvalue weighted by Crippen LogP contribution is 2.33. The van der Waals surface area contributed by atoms with Gasteiger partial charge in [0.15, 0.2) is 11.7 Å². The molecule has 1 fully saturated rings. The number of carbonyl (C=O) groups excluding carboxylic acids is 3. The molecule has 0 spiro atoms. The van der Waals surface area contributed by atoms with Crippen molar-refractivity contribution in [2.24, 2.45) is 0 Å². The van der Waals surface area contributed by atoms with Crippen LogP contribution in [0, 0.1) is 3.57 Å². The molecule has 0 aromatic heterocycles. The van der Waals surface area contributed by atoms with Crippen molar-refractivity contribution in [3.63, 3.8) is 0 Å². The van der Waals surface area contributed by atoms with E-state index in [1.807, 2.05) is 22.6 Å². The van der Waals surface area contributed by atoms with E-state index in [2.05, 4.69) is 32.6 Å². The molecule has 1 N–H and O–H groups in total. The molecule has 27 heavy (non-hydrogen) atoms. The second-order valence-electron chi connectivity index (χ2n) is 5.20. The number of thiocarbonyl (C=S) groups is 1. The zero-order valence-electron chi connectivity index (χ0n) is 14.1. The summed E-state index contributed by atoms with van der Waals surface area (Å²) < 4.78 is 11.2. The average molecular weight is 565 g/mol. The molecular formula is C17H14BrIN2O5S. The third-order valence-corrected chi connectivity index (χ3v) is 5.10. The number of nitrogens with one attached hydrogen (secondary N) is 1. The third-order valence-electron chi connectivity index (χ3n) is 3.39. The quantitative estimate of drug-likeness (QED) is 0.143. The Balaban J connectivity index is 2.33. The van der Waals surface area contributed by atoms with Gasteiger partial charge in [0, 0.05) is 6.54 Å². The summed E-state index contributed by atoms with van der Waals surface area (Å²) in [5, 5.41) is 2.53. The van der Waals surface area contributed by atoms with Gasteiger partial charge in [-0.1, -0.05) is 6.08 Å². The smallest absolute Gasteiger partial charge is 0.343 e. The molecule has 1 saturated heterocycles. The Morgan fingerprint density at radius 1 is 1.44 bits per heavy atom. The van der Waals surface area contributed by atoms with Gasteiger partial charge in [0.25, 0.3) is 11.8 Å². The first kappa shape index (κ1) is 21.5. The number of amides is 2. The maximum absolute atomic E-state index is 12.6. The van der Waals surface area contributed by atoms with Gasteiger partial charge in [-0.2, -0.15) is 0 Å². The zero-order valence-corrected chi connectivity index (χ0v) is 18.6. The summed E-state index contributed by atoms with van der Waals surface area (Å²) in [6.07, 6.45) is 2.98. The minimum Gasteiger partial charge on any atom is -0.480 e. The van der Waals surface area contributed by atoms with E-state index in [9.17, 15) is 14.4 Å². The van der Waals surface area contributed by atoms with Gasteiger partial charge in [0.1, 0.15) is 11.3 Å². The highest BCUT2D eigenvalue weighted by atomic mass is 127. The van der Waals surface area contributed by atoms with Crippen molar-refractivity contribution >= 4 is 79.7 Å². The SMILES string of the molecule is C=CCN1C(=O)/C(=C/c2cc(Br)c(OCC(=O)OC)c(I)c2)C(=O)NC1=S. The van der Waals surface area contributed by atoms with E-state index >= 15 is 0 Å². The summed E-state index contributed by atoms with van der Waals surface area (Å²) in [4.78, 5) is 37.2. The molecule has 7 nitrogen and oxygen atoms in total. The monoisotopic (exact) mass is 564 g/mol. The molecule has 1 aromatic carbocycles. The van der Waals surface area contributed by atoms with E-state index in [1.165, 1.54) is 24.2 Å². The van der Waals surface area contributed by atoms with Crippen molar-refractivity contribution in [1.82, 2.24) is 10.2 Å². The van der Waals surface area contributed by atoms with Crippen molar-refractivity contribution < 1.29 is 23.9 Å². The molecular weight excluding hydrogens is 551 g/mol. The number of hydrogen-bond donors (Lipinski definition) is 1. The lowest BCUT2D eigenvalue weighted by atomic mass is 10.1. The molecule has 0 bridgehead atoms. The Morgan fingerprint density at radius 3 is 2.74 bits per heavy atom. The van der Waals surface area contributed by atoms with Crippen LogP contribution < -0.4 is 10.1 Å². The van der Waals surface area contributed by atoms with Gasteiger partial charge >= 0.3 is 5.97 Å². The fraction of sp³-hybridized carbons (Fsp3) is 0.176. The lowest BCUT2D eigenvalue weighted by Crippen LogP contribution is -2.53. The highest BCUT2D eigenvalue weighted by molar-refractivity contribution is 14.1. The maximum atomic E-state index is 12.6. The molecule has 0 unspecified atom stereocenters. The van der Waals surface area contributed by atoms with Gasteiger partial charge in [-0.05, 0) is 74.5 Å². The fourth-order valence-electron chi connectivity index (χ4n) is 2.15. The molecule has 10 heteroatoms. The lowest BCUT2D eigenvalue weighted by Gasteiger charge is -2.27. The Morgan fingerprint density at radius 2 is 2.15 bits per heavy atom. The lowest BCUT2D eigenvalue weighted by molar-refractivity contribution is -0.143. The number of halogens is 2. The van der Waals surface area contributed by atoms with Crippen LogP contribution in [0.1, 0.15) is 5.56 Å². The largest absolute Gasteiger partial charge is 0.480 e. The van der Waals surface area contributed by atoms with E-state index in [0.29, 0.717) is 19.4 Å². The van der Waals surface area contributed by atoms with Crippen LogP contribution in [0.25, 0.3) is 6.08 Å². The molecule has 2 rings (SSSR count). The summed E-state index contributed by atoms with van der Waals surface area (Å²) in [6, 6.07) is 3.39. The first-order valence-electron chi connectivity index (χ1n) is 7.47. The van der Waals surface area contributed by atoms with Crippen molar-refractivity contribution in [3.05, 3.63) is 44.0 Å². The minimum atomic E-state index is -0.567. The van der Waals surface area contributed by atoms with Crippen LogP contribution in [-0.2, 0) is 19.1 Å². The molecule has 0 radical (unpaired) electrons. The second kappa shape index (κ2) is 9.42. The number of nitrogens with zero attached hydrogens (tertiary/aromatic N) is 1. The van der Waals surface area contributed by atoms with Crippen molar-refractivity contribution in [2.75, 3.05) is 20.3 Å². The van der Waals surface area contributed by atoms with E-state index < -0.39 is 17.8 Å². The van der Waals surface area contributed by atoms with Crippen molar-refractivity contribution in [2.45, 2.75) is 0 Å². The molecule has 0 atom stereocenters. The van der Waals surface area contributed by atoms with E-state index in [0.717, 1.165) is 0 Å². The van der Waals surface area contributed by atoms with Gasteiger partial charge in [-0.15, -0.1) is 6.58 Å². The summed E-state index contributed by atoms with van der Waals surface area (Å²) in [7, 11) is 1.27. The Bertz CT molecular complexity index is 848. The predicted molar refractivity (Wildman–Crippen MR) is 115 cm³/mol. The summed E-state index contributed by atoms with van der Waals surface area (Å²) in [6.45, 7) is 3.54. The molecule has 0 saturated carbocycles. The third kappa shape index (κ3) is 5.14. The molecule has 1 aliphatic rings. The number of carbonyl (C=O) groups is 3. The van der Waals surface area contributed by atoms with Crippen LogP contribution in [0.2, 0.25) is 0 Å². The number of benzene rings is 1. The van der Waals surface area contributed by atoms with Gasteiger partial charge < -0.3 is 9.47 Å². The van der Waals surface area contributed by atoms with Crippen LogP contribution >= 0.6 is 50.7 Å². The first-order valence-corrected chi connectivity index (χ1v) is 9.75. The van der Waals surface area contributed by atoms with Crippen LogP contribution in [0.15, 0.2) is 34.8 Å². The topological polar surface area (TPSA) is 84.9 Å². The predicted octanol–water partition coefficient (Wildman–Crippen LogP) is 2.42. The maximum Gasteiger partial charge on any atom is 0.343 e. The van der Waals surface area contributed by atoms with Crippen LogP contribution in [-0.4, -0.2) is 48.1 Å². The van der Waals surface area contributed by atoms with Crippen LogP contribution in [0.5, 0.6) is 5.75 Å². The molecule has 1 aromatic rings. The van der Waals surface area contributed by atoms with Gasteiger partial charge in [-0.3, -0.25) is 19.8 Å². The molecule has 1 heterocycles. The number of rotatable bonds is 6. The Hall–Kier alpha value is -1.79. The normalized spacial score (nSPS) is 15.6. The number of methoxy groups -OCH3 is 1. The summed E-state index contributed by atoms with van der Waals surface area (Å²) >= 11 is 10.4. The second-order valence-corrected chi connectivity index (χ2v) is 7.60.